The largest absolute Gasteiger partial charge is 0.416 e. The van der Waals surface area contributed by atoms with E-state index in [-0.39, 0.29) is 18.0 Å². The van der Waals surface area contributed by atoms with Gasteiger partial charge in [-0.15, -0.1) is 11.3 Å². The van der Waals surface area contributed by atoms with E-state index in [1.54, 1.807) is 6.07 Å². The van der Waals surface area contributed by atoms with Gasteiger partial charge in [0.15, 0.2) is 0 Å². The maximum Gasteiger partial charge on any atom is 0.416 e. The fourth-order valence-electron chi connectivity index (χ4n) is 1.87. The van der Waals surface area contributed by atoms with E-state index >= 15 is 0 Å². The molecule has 0 radical (unpaired) electrons. The Morgan fingerprint density at radius 3 is 2.65 bits per heavy atom. The van der Waals surface area contributed by atoms with Crippen LogP contribution in [0.4, 0.5) is 13.2 Å². The van der Waals surface area contributed by atoms with Crippen molar-refractivity contribution in [1.82, 2.24) is 10.3 Å². The van der Waals surface area contributed by atoms with Crippen molar-refractivity contribution in [3.05, 3.63) is 51.5 Å². The van der Waals surface area contributed by atoms with Gasteiger partial charge in [-0.3, -0.25) is 0 Å². The Bertz CT molecular complexity index is 578. The highest BCUT2D eigenvalue weighted by Gasteiger charge is 2.32. The van der Waals surface area contributed by atoms with Crippen LogP contribution < -0.4 is 5.32 Å². The summed E-state index contributed by atoms with van der Waals surface area (Å²) in [5.41, 5.74) is 0.536. The number of nitrogens with one attached hydrogen (secondary N) is 1. The summed E-state index contributed by atoms with van der Waals surface area (Å²) in [7, 11) is 1.82. The first-order valence-corrected chi connectivity index (χ1v) is 7.06. The van der Waals surface area contributed by atoms with Crippen LogP contribution in [0.3, 0.4) is 0 Å². The van der Waals surface area contributed by atoms with Gasteiger partial charge in [-0.25, -0.2) is 4.98 Å². The molecule has 1 N–H and O–H groups in total. The van der Waals surface area contributed by atoms with E-state index in [4.69, 9.17) is 0 Å². The molecule has 1 aromatic carbocycles. The van der Waals surface area contributed by atoms with Gasteiger partial charge in [-0.05, 0) is 25.6 Å². The predicted octanol–water partition coefficient (Wildman–Crippen LogP) is 4.03. The van der Waals surface area contributed by atoms with Crippen molar-refractivity contribution in [3.8, 4) is 0 Å². The van der Waals surface area contributed by atoms with E-state index in [1.165, 1.54) is 23.5 Å². The van der Waals surface area contributed by atoms with Gasteiger partial charge in [0.05, 0.1) is 16.3 Å². The Kier molecular flexibility index (Phi) is 4.45. The van der Waals surface area contributed by atoms with E-state index in [0.29, 0.717) is 5.01 Å². The molecule has 1 aromatic heterocycles. The SMILES string of the molecule is CNC(C)c1csc(Cc2ccccc2C(F)(F)F)n1. The van der Waals surface area contributed by atoms with Gasteiger partial charge in [-0.1, -0.05) is 18.2 Å². The molecule has 0 aliphatic heterocycles. The fraction of sp³-hybridized carbons (Fsp3) is 0.357. The lowest BCUT2D eigenvalue weighted by Crippen LogP contribution is -2.12. The van der Waals surface area contributed by atoms with Crippen molar-refractivity contribution in [3.63, 3.8) is 0 Å². The number of hydrogen-bond donors (Lipinski definition) is 1. The van der Waals surface area contributed by atoms with Crippen LogP contribution in [-0.2, 0) is 12.6 Å². The third-order valence-corrected chi connectivity index (χ3v) is 3.98. The molecule has 0 fully saturated rings. The Morgan fingerprint density at radius 2 is 2.00 bits per heavy atom. The second kappa shape index (κ2) is 5.93. The number of halogens is 3. The smallest absolute Gasteiger partial charge is 0.312 e. The van der Waals surface area contributed by atoms with Crippen molar-refractivity contribution in [2.75, 3.05) is 7.05 Å². The van der Waals surface area contributed by atoms with Crippen LogP contribution in [0.2, 0.25) is 0 Å². The molecule has 6 heteroatoms. The minimum absolute atomic E-state index is 0.0952. The average molecular weight is 300 g/mol. The summed E-state index contributed by atoms with van der Waals surface area (Å²) in [6, 6.07) is 5.74. The minimum Gasteiger partial charge on any atom is -0.312 e. The summed E-state index contributed by atoms with van der Waals surface area (Å²) >= 11 is 1.39. The molecule has 2 nitrogen and oxygen atoms in total. The standard InChI is InChI=1S/C14H15F3N2S/c1-9(18-2)12-8-20-13(19-12)7-10-5-3-4-6-11(10)14(15,16)17/h3-6,8-9,18H,7H2,1-2H3. The molecule has 0 spiro atoms. The van der Waals surface area contributed by atoms with E-state index < -0.39 is 11.7 Å². The lowest BCUT2D eigenvalue weighted by atomic mass is 10.0. The zero-order chi connectivity index (χ0) is 14.8. The van der Waals surface area contributed by atoms with Crippen LogP contribution in [0.1, 0.15) is 34.8 Å². The monoisotopic (exact) mass is 300 g/mol. The van der Waals surface area contributed by atoms with Gasteiger partial charge >= 0.3 is 6.18 Å². The molecule has 1 heterocycles. The van der Waals surface area contributed by atoms with E-state index in [2.05, 4.69) is 10.3 Å². The summed E-state index contributed by atoms with van der Waals surface area (Å²) < 4.78 is 38.7. The van der Waals surface area contributed by atoms with Gasteiger partial charge in [0.2, 0.25) is 0 Å². The Morgan fingerprint density at radius 1 is 1.30 bits per heavy atom. The van der Waals surface area contributed by atoms with Crippen LogP contribution >= 0.6 is 11.3 Å². The van der Waals surface area contributed by atoms with Gasteiger partial charge < -0.3 is 5.32 Å². The molecule has 20 heavy (non-hydrogen) atoms. The summed E-state index contributed by atoms with van der Waals surface area (Å²) in [6.07, 6.45) is -4.12. The van der Waals surface area contributed by atoms with Gasteiger partial charge in [0.1, 0.15) is 0 Å². The average Bonchev–Trinajstić information content (AvgIpc) is 2.86. The molecule has 1 unspecified atom stereocenters. The highest BCUT2D eigenvalue weighted by Crippen LogP contribution is 2.33. The van der Waals surface area contributed by atoms with E-state index in [9.17, 15) is 13.2 Å². The topological polar surface area (TPSA) is 24.9 Å². The van der Waals surface area contributed by atoms with Gasteiger partial charge in [0, 0.05) is 17.8 Å². The predicted molar refractivity (Wildman–Crippen MR) is 73.8 cm³/mol. The number of rotatable bonds is 4. The Labute approximate surface area is 119 Å². The molecule has 0 saturated carbocycles. The molecule has 0 amide bonds. The van der Waals surface area contributed by atoms with Gasteiger partial charge in [0.25, 0.3) is 0 Å². The normalized spacial score (nSPS) is 13.4. The lowest BCUT2D eigenvalue weighted by molar-refractivity contribution is -0.138. The minimum atomic E-state index is -4.32. The maximum absolute atomic E-state index is 12.9. The summed E-state index contributed by atoms with van der Waals surface area (Å²) in [5, 5.41) is 5.63. The zero-order valence-corrected chi connectivity index (χ0v) is 12.0. The van der Waals surface area contributed by atoms with Crippen molar-refractivity contribution in [2.45, 2.75) is 25.6 Å². The van der Waals surface area contributed by atoms with Crippen molar-refractivity contribution in [1.29, 1.82) is 0 Å². The third kappa shape index (κ3) is 3.37. The van der Waals surface area contributed by atoms with Crippen molar-refractivity contribution >= 4 is 11.3 Å². The zero-order valence-electron chi connectivity index (χ0n) is 11.2. The summed E-state index contributed by atoms with van der Waals surface area (Å²) in [5.74, 6) is 0. The van der Waals surface area contributed by atoms with Crippen molar-refractivity contribution < 1.29 is 13.2 Å². The Hall–Kier alpha value is -1.40. The molecule has 0 bridgehead atoms. The van der Waals surface area contributed by atoms with Crippen LogP contribution in [-0.4, -0.2) is 12.0 Å². The second-order valence-electron chi connectivity index (χ2n) is 4.51. The van der Waals surface area contributed by atoms with Crippen molar-refractivity contribution in [2.24, 2.45) is 0 Å². The third-order valence-electron chi connectivity index (χ3n) is 3.11. The first kappa shape index (κ1) is 15.0. The van der Waals surface area contributed by atoms with Crippen LogP contribution in [0, 0.1) is 0 Å². The van der Waals surface area contributed by atoms with Crippen LogP contribution in [0.15, 0.2) is 29.6 Å². The van der Waals surface area contributed by atoms with Crippen LogP contribution in [0.25, 0.3) is 0 Å². The molecule has 2 aromatic rings. The fourth-order valence-corrected chi connectivity index (χ4v) is 2.78. The first-order valence-electron chi connectivity index (χ1n) is 6.18. The number of thiazole rings is 1. The molecular formula is C14H15F3N2S. The number of aromatic nitrogens is 1. The molecule has 0 aliphatic carbocycles. The quantitative estimate of drug-likeness (QED) is 0.922. The van der Waals surface area contributed by atoms with Crippen LogP contribution in [0.5, 0.6) is 0 Å². The summed E-state index contributed by atoms with van der Waals surface area (Å²) in [4.78, 5) is 4.39. The molecular weight excluding hydrogens is 285 g/mol. The number of nitrogens with zero attached hydrogens (tertiary/aromatic N) is 1. The number of hydrogen-bond acceptors (Lipinski definition) is 3. The second-order valence-corrected chi connectivity index (χ2v) is 5.45. The number of benzene rings is 1. The maximum atomic E-state index is 12.9. The molecule has 0 saturated heterocycles. The lowest BCUT2D eigenvalue weighted by Gasteiger charge is -2.11. The highest BCUT2D eigenvalue weighted by molar-refractivity contribution is 7.09. The van der Waals surface area contributed by atoms with E-state index in [0.717, 1.165) is 11.8 Å². The van der Waals surface area contributed by atoms with E-state index in [1.807, 2.05) is 19.4 Å². The molecule has 0 aliphatic rings. The highest BCUT2D eigenvalue weighted by atomic mass is 32.1. The first-order chi connectivity index (χ1) is 9.41. The summed E-state index contributed by atoms with van der Waals surface area (Å²) in [6.45, 7) is 1.96. The molecule has 2 rings (SSSR count). The van der Waals surface area contributed by atoms with Gasteiger partial charge in [-0.2, -0.15) is 13.2 Å². The number of alkyl halides is 3. The molecule has 108 valence electrons. The molecule has 1 atom stereocenters. The Balaban J connectivity index is 2.25.